The number of hydrogen-bond acceptors (Lipinski definition) is 3. The van der Waals surface area contributed by atoms with Crippen LogP contribution < -0.4 is 5.32 Å². The summed E-state index contributed by atoms with van der Waals surface area (Å²) in [7, 11) is 0. The van der Waals surface area contributed by atoms with Crippen LogP contribution in [-0.4, -0.2) is 36.5 Å². The van der Waals surface area contributed by atoms with Crippen LogP contribution in [0.25, 0.3) is 0 Å². The maximum atomic E-state index is 9.28. The number of rotatable bonds is 2. The van der Waals surface area contributed by atoms with E-state index in [1.807, 2.05) is 0 Å². The molecule has 0 aromatic heterocycles. The highest BCUT2D eigenvalue weighted by molar-refractivity contribution is 4.89. The van der Waals surface area contributed by atoms with Gasteiger partial charge in [0.1, 0.15) is 0 Å². The normalized spacial score (nSPS) is 40.5. The zero-order chi connectivity index (χ0) is 6.97. The number of hydrogen-bond donors (Lipinski definition) is 2. The van der Waals surface area contributed by atoms with Gasteiger partial charge in [0.2, 0.25) is 0 Å². The number of nitrogens with one attached hydrogen (secondary N) is 1. The highest BCUT2D eigenvalue weighted by atomic mass is 16.5. The maximum Gasteiger partial charge on any atom is 0.0948 e. The van der Waals surface area contributed by atoms with Gasteiger partial charge in [0.15, 0.2) is 0 Å². The number of ether oxygens (including phenoxy) is 1. The molecule has 2 N–H and O–H groups in total. The molecule has 0 amide bonds. The van der Waals surface area contributed by atoms with Gasteiger partial charge in [0, 0.05) is 6.04 Å². The fourth-order valence-electron chi connectivity index (χ4n) is 1.25. The van der Waals surface area contributed by atoms with E-state index >= 15 is 0 Å². The monoisotopic (exact) mass is 143 g/mol. The van der Waals surface area contributed by atoms with Crippen molar-refractivity contribution in [2.24, 2.45) is 0 Å². The molecule has 0 aromatic rings. The average Bonchev–Trinajstić information content (AvgIpc) is 2.62. The largest absolute Gasteiger partial charge is 0.389 e. The lowest BCUT2D eigenvalue weighted by Gasteiger charge is -2.12. The lowest BCUT2D eigenvalue weighted by atomic mass is 10.2. The first-order valence-electron chi connectivity index (χ1n) is 3.88. The van der Waals surface area contributed by atoms with Crippen LogP contribution in [-0.2, 0) is 4.74 Å². The highest BCUT2D eigenvalue weighted by Gasteiger charge is 2.31. The first-order chi connectivity index (χ1) is 4.86. The van der Waals surface area contributed by atoms with Crippen molar-refractivity contribution in [1.29, 1.82) is 0 Å². The molecule has 1 heterocycles. The van der Waals surface area contributed by atoms with Crippen LogP contribution in [0.2, 0.25) is 0 Å². The zero-order valence-electron chi connectivity index (χ0n) is 5.92. The van der Waals surface area contributed by atoms with E-state index in [4.69, 9.17) is 4.74 Å². The Bertz CT molecular complexity index is 125. The molecule has 3 heteroatoms. The third kappa shape index (κ3) is 1.31. The molecule has 1 aliphatic heterocycles. The molecule has 1 saturated carbocycles. The third-order valence-electron chi connectivity index (χ3n) is 2.08. The van der Waals surface area contributed by atoms with E-state index in [1.165, 1.54) is 12.8 Å². The van der Waals surface area contributed by atoms with Crippen molar-refractivity contribution in [2.45, 2.75) is 31.0 Å². The smallest absolute Gasteiger partial charge is 0.0948 e. The summed E-state index contributed by atoms with van der Waals surface area (Å²) in [5.74, 6) is 0. The lowest BCUT2D eigenvalue weighted by Crippen LogP contribution is -2.39. The van der Waals surface area contributed by atoms with Gasteiger partial charge in [-0.15, -0.1) is 0 Å². The molecule has 2 aliphatic rings. The molecule has 1 saturated heterocycles. The fraction of sp³-hybridized carbons (Fsp3) is 1.00. The predicted molar refractivity (Wildman–Crippen MR) is 36.8 cm³/mol. The van der Waals surface area contributed by atoms with Crippen LogP contribution in [0.1, 0.15) is 12.8 Å². The number of aliphatic hydroxyl groups excluding tert-OH is 1. The van der Waals surface area contributed by atoms with E-state index in [9.17, 15) is 5.11 Å². The summed E-state index contributed by atoms with van der Waals surface area (Å²) in [4.78, 5) is 0. The Morgan fingerprint density at radius 1 is 1.30 bits per heavy atom. The minimum atomic E-state index is -0.277. The second kappa shape index (κ2) is 2.49. The minimum absolute atomic E-state index is 0.201. The summed E-state index contributed by atoms with van der Waals surface area (Å²) in [5.41, 5.74) is 0. The van der Waals surface area contributed by atoms with Gasteiger partial charge in [0.05, 0.1) is 25.4 Å². The summed E-state index contributed by atoms with van der Waals surface area (Å²) in [6, 6.07) is 0.869. The van der Waals surface area contributed by atoms with Crippen molar-refractivity contribution < 1.29 is 9.84 Å². The Labute approximate surface area is 60.4 Å². The summed E-state index contributed by atoms with van der Waals surface area (Å²) in [5, 5.41) is 12.6. The molecular formula is C7H13NO2. The van der Waals surface area contributed by atoms with Crippen LogP contribution in [0.15, 0.2) is 0 Å². The van der Waals surface area contributed by atoms with E-state index in [0.717, 1.165) is 0 Å². The van der Waals surface area contributed by atoms with E-state index in [1.54, 1.807) is 0 Å². The van der Waals surface area contributed by atoms with Crippen molar-refractivity contribution in [1.82, 2.24) is 5.32 Å². The van der Waals surface area contributed by atoms with Crippen LogP contribution in [0, 0.1) is 0 Å². The Kier molecular flexibility index (Phi) is 1.64. The van der Waals surface area contributed by atoms with Crippen molar-refractivity contribution in [3.8, 4) is 0 Å². The molecule has 2 fully saturated rings. The lowest BCUT2D eigenvalue weighted by molar-refractivity contribution is 0.122. The van der Waals surface area contributed by atoms with Crippen LogP contribution in [0.5, 0.6) is 0 Å². The van der Waals surface area contributed by atoms with Gasteiger partial charge in [0.25, 0.3) is 0 Å². The standard InChI is InChI=1S/C7H13NO2/c9-7-4-10-3-6(7)8-5-1-2-5/h5-9H,1-4H2/t6-,7+/m0/s1. The Balaban J connectivity index is 1.79. The molecular weight excluding hydrogens is 130 g/mol. The van der Waals surface area contributed by atoms with Gasteiger partial charge in [-0.3, -0.25) is 0 Å². The highest BCUT2D eigenvalue weighted by Crippen LogP contribution is 2.21. The second-order valence-electron chi connectivity index (χ2n) is 3.15. The van der Waals surface area contributed by atoms with Crippen molar-refractivity contribution in [3.05, 3.63) is 0 Å². The van der Waals surface area contributed by atoms with E-state index in [-0.39, 0.29) is 12.1 Å². The molecule has 0 radical (unpaired) electrons. The molecule has 0 aromatic carbocycles. The minimum Gasteiger partial charge on any atom is -0.389 e. The molecule has 0 spiro atoms. The SMILES string of the molecule is O[C@@H]1COC[C@@H]1NC1CC1. The summed E-state index contributed by atoms with van der Waals surface area (Å²) >= 11 is 0. The molecule has 2 atom stereocenters. The molecule has 0 unspecified atom stereocenters. The first-order valence-corrected chi connectivity index (χ1v) is 3.88. The third-order valence-corrected chi connectivity index (χ3v) is 2.08. The quantitative estimate of drug-likeness (QED) is 0.547. The van der Waals surface area contributed by atoms with Crippen LogP contribution >= 0.6 is 0 Å². The molecule has 58 valence electrons. The van der Waals surface area contributed by atoms with E-state index in [2.05, 4.69) is 5.32 Å². The molecule has 0 bridgehead atoms. The van der Waals surface area contributed by atoms with E-state index < -0.39 is 0 Å². The van der Waals surface area contributed by atoms with Gasteiger partial charge in [-0.25, -0.2) is 0 Å². The van der Waals surface area contributed by atoms with Crippen LogP contribution in [0.3, 0.4) is 0 Å². The van der Waals surface area contributed by atoms with Gasteiger partial charge in [-0.1, -0.05) is 0 Å². The van der Waals surface area contributed by atoms with Gasteiger partial charge < -0.3 is 15.2 Å². The van der Waals surface area contributed by atoms with E-state index in [0.29, 0.717) is 19.3 Å². The molecule has 2 rings (SSSR count). The molecule has 1 aliphatic carbocycles. The maximum absolute atomic E-state index is 9.28. The van der Waals surface area contributed by atoms with Gasteiger partial charge >= 0.3 is 0 Å². The molecule has 3 nitrogen and oxygen atoms in total. The summed E-state index contributed by atoms with van der Waals surface area (Å²) < 4.78 is 5.09. The number of aliphatic hydroxyl groups is 1. The Hall–Kier alpha value is -0.120. The summed E-state index contributed by atoms with van der Waals surface area (Å²) in [6.45, 7) is 1.18. The summed E-state index contributed by atoms with van der Waals surface area (Å²) in [6.07, 6.45) is 2.26. The van der Waals surface area contributed by atoms with Gasteiger partial charge in [-0.05, 0) is 12.8 Å². The second-order valence-corrected chi connectivity index (χ2v) is 3.15. The van der Waals surface area contributed by atoms with Crippen molar-refractivity contribution in [3.63, 3.8) is 0 Å². The zero-order valence-corrected chi connectivity index (χ0v) is 5.92. The first kappa shape index (κ1) is 6.58. The topological polar surface area (TPSA) is 41.5 Å². The van der Waals surface area contributed by atoms with Crippen molar-refractivity contribution in [2.75, 3.05) is 13.2 Å². The van der Waals surface area contributed by atoms with Crippen molar-refractivity contribution >= 4 is 0 Å². The molecule has 10 heavy (non-hydrogen) atoms. The Morgan fingerprint density at radius 2 is 2.10 bits per heavy atom. The van der Waals surface area contributed by atoms with Gasteiger partial charge in [-0.2, -0.15) is 0 Å². The van der Waals surface area contributed by atoms with Crippen LogP contribution in [0.4, 0.5) is 0 Å². The Morgan fingerprint density at radius 3 is 2.60 bits per heavy atom. The predicted octanol–water partition coefficient (Wildman–Crippen LogP) is -0.502. The fourth-order valence-corrected chi connectivity index (χ4v) is 1.25. The average molecular weight is 143 g/mol.